The number of esters is 1. The van der Waals surface area contributed by atoms with Crippen molar-refractivity contribution in [3.63, 3.8) is 0 Å². The van der Waals surface area contributed by atoms with Crippen LogP contribution in [0, 0.1) is 23.2 Å². The van der Waals surface area contributed by atoms with E-state index in [-0.39, 0.29) is 17.3 Å². The Bertz CT molecular complexity index is 788. The second kappa shape index (κ2) is 14.7. The lowest BCUT2D eigenvalue weighted by atomic mass is 9.50. The summed E-state index contributed by atoms with van der Waals surface area (Å²) in [5.74, 6) is -0.202. The van der Waals surface area contributed by atoms with Gasteiger partial charge < -0.3 is 14.2 Å². The second-order valence-corrected chi connectivity index (χ2v) is 14.1. The Morgan fingerprint density at radius 3 is 1.95 bits per heavy atom. The molecule has 1 aliphatic carbocycles. The van der Waals surface area contributed by atoms with E-state index in [2.05, 4.69) is 27.7 Å². The molecular weight excluding hydrogens is 504 g/mol. The lowest BCUT2D eigenvalue weighted by Gasteiger charge is -2.65. The van der Waals surface area contributed by atoms with Gasteiger partial charge in [0.2, 0.25) is 12.1 Å². The highest BCUT2D eigenvalue weighted by atomic mass is 17.3. The Kier molecular flexibility index (Phi) is 11.8. The van der Waals surface area contributed by atoms with Gasteiger partial charge in [0.05, 0.1) is 0 Å². The van der Waals surface area contributed by atoms with E-state index in [4.69, 9.17) is 24.0 Å². The molecule has 2 bridgehead atoms. The molecule has 0 radical (unpaired) electrons. The summed E-state index contributed by atoms with van der Waals surface area (Å²) >= 11 is 0. The molecule has 0 aromatic rings. The predicted octanol–water partition coefficient (Wildman–Crippen LogP) is 9.39. The van der Waals surface area contributed by atoms with Crippen LogP contribution in [0.1, 0.15) is 163 Å². The van der Waals surface area contributed by atoms with Crippen molar-refractivity contribution >= 4 is 5.97 Å². The van der Waals surface area contributed by atoms with Crippen LogP contribution in [0.4, 0.5) is 0 Å². The Morgan fingerprint density at radius 1 is 0.775 bits per heavy atom. The zero-order valence-electron chi connectivity index (χ0n) is 26.5. The number of ether oxygens (including phenoxy) is 3. The van der Waals surface area contributed by atoms with E-state index in [9.17, 15) is 4.79 Å². The third kappa shape index (κ3) is 7.09. The molecule has 1 spiro atoms. The highest BCUT2D eigenvalue weighted by Crippen LogP contribution is 2.66. The van der Waals surface area contributed by atoms with Gasteiger partial charge in [-0.15, -0.1) is 0 Å². The molecule has 1 unspecified atom stereocenters. The number of carbonyl (C=O) groups is 1. The van der Waals surface area contributed by atoms with Gasteiger partial charge in [0, 0.05) is 24.2 Å². The zero-order valence-corrected chi connectivity index (χ0v) is 26.5. The monoisotopic (exact) mass is 564 g/mol. The molecule has 40 heavy (non-hydrogen) atoms. The SMILES string of the molecule is CCCCCCCCCCCCCCCCCC(=O)OC1O[C@@H]2O[C@]3(C)CC[C@H]4[C@H](C)CC[C@@](C)([C@H]1C)[C@@]24OO3. The fourth-order valence-corrected chi connectivity index (χ4v) is 8.13. The summed E-state index contributed by atoms with van der Waals surface area (Å²) in [6, 6.07) is 0. The maximum absolute atomic E-state index is 12.9. The van der Waals surface area contributed by atoms with Crippen LogP contribution in [0.25, 0.3) is 0 Å². The summed E-state index contributed by atoms with van der Waals surface area (Å²) in [6.45, 7) is 10.9. The largest absolute Gasteiger partial charge is 0.435 e. The molecule has 4 heterocycles. The van der Waals surface area contributed by atoms with Gasteiger partial charge in [0.15, 0.2) is 11.9 Å². The number of hydrogen-bond donors (Lipinski definition) is 0. The normalized spacial score (nSPS) is 38.6. The van der Waals surface area contributed by atoms with Crippen molar-refractivity contribution < 1.29 is 28.8 Å². The molecule has 5 aliphatic rings. The van der Waals surface area contributed by atoms with Gasteiger partial charge >= 0.3 is 5.97 Å². The van der Waals surface area contributed by atoms with Gasteiger partial charge in [-0.05, 0) is 44.4 Å². The van der Waals surface area contributed by atoms with Crippen LogP contribution in [0.2, 0.25) is 0 Å². The van der Waals surface area contributed by atoms with Crippen LogP contribution >= 0.6 is 0 Å². The van der Waals surface area contributed by atoms with Crippen LogP contribution in [0.15, 0.2) is 0 Å². The van der Waals surface area contributed by atoms with Crippen molar-refractivity contribution in [1.82, 2.24) is 0 Å². The van der Waals surface area contributed by atoms with Gasteiger partial charge in [-0.2, -0.15) is 0 Å². The summed E-state index contributed by atoms with van der Waals surface area (Å²) in [7, 11) is 0. The van der Waals surface area contributed by atoms with Crippen LogP contribution < -0.4 is 0 Å². The first-order chi connectivity index (χ1) is 19.3. The van der Waals surface area contributed by atoms with E-state index < -0.39 is 24.0 Å². The molecular formula is C34H60O6. The van der Waals surface area contributed by atoms with E-state index in [1.807, 2.05) is 6.92 Å². The number of rotatable bonds is 17. The molecule has 0 aromatic carbocycles. The van der Waals surface area contributed by atoms with Crippen molar-refractivity contribution in [3.05, 3.63) is 0 Å². The smallest absolute Gasteiger partial charge is 0.308 e. The number of fused-ring (bicyclic) bond motifs is 2. The first kappa shape index (κ1) is 32.2. The second-order valence-electron chi connectivity index (χ2n) is 14.1. The van der Waals surface area contributed by atoms with Gasteiger partial charge in [-0.3, -0.25) is 4.79 Å². The van der Waals surface area contributed by atoms with E-state index in [0.717, 1.165) is 38.5 Å². The molecule has 0 N–H and O–H groups in total. The van der Waals surface area contributed by atoms with Crippen LogP contribution in [0.3, 0.4) is 0 Å². The van der Waals surface area contributed by atoms with Gasteiger partial charge in [0.25, 0.3) is 0 Å². The zero-order chi connectivity index (χ0) is 28.6. The molecule has 232 valence electrons. The van der Waals surface area contributed by atoms with Gasteiger partial charge in [-0.25, -0.2) is 9.78 Å². The number of carbonyl (C=O) groups excluding carboxylic acids is 1. The molecule has 5 rings (SSSR count). The summed E-state index contributed by atoms with van der Waals surface area (Å²) in [4.78, 5) is 25.1. The first-order valence-corrected chi connectivity index (χ1v) is 17.2. The van der Waals surface area contributed by atoms with Crippen LogP contribution in [-0.2, 0) is 28.8 Å². The minimum Gasteiger partial charge on any atom is -0.435 e. The molecule has 8 atom stereocenters. The minimum atomic E-state index is -0.823. The fourth-order valence-electron chi connectivity index (χ4n) is 8.13. The Hall–Kier alpha value is -0.690. The number of unbranched alkanes of at least 4 members (excludes halogenated alkanes) is 14. The molecule has 4 aliphatic heterocycles. The Labute approximate surface area is 244 Å². The topological polar surface area (TPSA) is 63.2 Å². The van der Waals surface area contributed by atoms with Gasteiger partial charge in [0.1, 0.15) is 0 Å². The molecule has 0 aromatic heterocycles. The molecule has 0 amide bonds. The summed E-state index contributed by atoms with van der Waals surface area (Å²) < 4.78 is 18.9. The summed E-state index contributed by atoms with van der Waals surface area (Å²) in [5.41, 5.74) is -0.935. The average Bonchev–Trinajstić information content (AvgIpc) is 3.17. The standard InChI is InChI=1S/C34H60O6/c1-6-7-8-9-10-11-12-13-14-15-16-17-18-19-20-21-29(35)36-30-27(3)32(4)24-22-26(2)28-23-25-33(5)38-31(37-30)34(28,32)40-39-33/h26-28,30-31H,6-25H2,1-5H3/t26-,27+,28+,30?,31-,32+,33+,34+/m1/s1. The third-order valence-corrected chi connectivity index (χ3v) is 11.1. The molecule has 5 fully saturated rings. The maximum Gasteiger partial charge on any atom is 0.308 e. The van der Waals surface area contributed by atoms with E-state index in [0.29, 0.717) is 18.3 Å². The molecule has 4 saturated heterocycles. The fraction of sp³-hybridized carbons (Fsp3) is 0.971. The Morgan fingerprint density at radius 2 is 1.35 bits per heavy atom. The Balaban J connectivity index is 1.13. The van der Waals surface area contributed by atoms with Crippen molar-refractivity contribution in [2.24, 2.45) is 23.2 Å². The minimum absolute atomic E-state index is 0.0154. The number of hydrogen-bond acceptors (Lipinski definition) is 6. The van der Waals surface area contributed by atoms with Gasteiger partial charge in [-0.1, -0.05) is 118 Å². The van der Waals surface area contributed by atoms with Crippen molar-refractivity contribution in [3.8, 4) is 0 Å². The quantitative estimate of drug-likeness (QED) is 0.0996. The van der Waals surface area contributed by atoms with E-state index >= 15 is 0 Å². The van der Waals surface area contributed by atoms with Crippen molar-refractivity contribution in [2.75, 3.05) is 0 Å². The molecule has 6 heteroatoms. The summed E-state index contributed by atoms with van der Waals surface area (Å²) in [6.07, 6.45) is 22.8. The third-order valence-electron chi connectivity index (χ3n) is 11.1. The van der Waals surface area contributed by atoms with Crippen molar-refractivity contribution in [1.29, 1.82) is 0 Å². The van der Waals surface area contributed by atoms with Crippen molar-refractivity contribution in [2.45, 2.75) is 187 Å². The van der Waals surface area contributed by atoms with Crippen LogP contribution in [-0.4, -0.2) is 29.9 Å². The maximum atomic E-state index is 12.9. The molecule has 1 saturated carbocycles. The average molecular weight is 565 g/mol. The van der Waals surface area contributed by atoms with E-state index in [1.54, 1.807) is 0 Å². The lowest BCUT2D eigenvalue weighted by Crippen LogP contribution is -2.74. The highest BCUT2D eigenvalue weighted by Gasteiger charge is 2.74. The molecule has 6 nitrogen and oxygen atoms in total. The predicted molar refractivity (Wildman–Crippen MR) is 157 cm³/mol. The highest BCUT2D eigenvalue weighted by molar-refractivity contribution is 5.69. The summed E-state index contributed by atoms with van der Waals surface area (Å²) in [5, 5.41) is 0. The first-order valence-electron chi connectivity index (χ1n) is 17.2. The van der Waals surface area contributed by atoms with E-state index in [1.165, 1.54) is 83.5 Å². The van der Waals surface area contributed by atoms with Crippen LogP contribution in [0.5, 0.6) is 0 Å². The lowest BCUT2D eigenvalue weighted by molar-refractivity contribution is -0.586.